The van der Waals surface area contributed by atoms with Gasteiger partial charge in [-0.2, -0.15) is 0 Å². The maximum atomic E-state index is 12.6. The van der Waals surface area contributed by atoms with Crippen molar-refractivity contribution in [3.05, 3.63) is 45.8 Å². The number of anilines is 1. The minimum atomic E-state index is -0.365. The van der Waals surface area contributed by atoms with E-state index in [1.165, 1.54) is 22.3 Å². The molecule has 1 N–H and O–H groups in total. The number of rotatable bonds is 7. The van der Waals surface area contributed by atoms with Crippen LogP contribution < -0.4 is 14.8 Å². The molecular formula is C23H27NO5S. The highest BCUT2D eigenvalue weighted by molar-refractivity contribution is 7.17. The molecule has 1 aromatic heterocycles. The van der Waals surface area contributed by atoms with Crippen molar-refractivity contribution in [2.45, 2.75) is 39.0 Å². The summed E-state index contributed by atoms with van der Waals surface area (Å²) in [7, 11) is 3.14. The van der Waals surface area contributed by atoms with Gasteiger partial charge >= 0.3 is 5.97 Å². The predicted molar refractivity (Wildman–Crippen MR) is 119 cm³/mol. The first-order valence-corrected chi connectivity index (χ1v) is 10.9. The molecule has 0 saturated heterocycles. The highest BCUT2D eigenvalue weighted by atomic mass is 32.1. The molecule has 2 aromatic rings. The maximum Gasteiger partial charge on any atom is 0.341 e. The van der Waals surface area contributed by atoms with Crippen molar-refractivity contribution in [1.29, 1.82) is 0 Å². The lowest BCUT2D eigenvalue weighted by atomic mass is 10.1. The molecular weight excluding hydrogens is 402 g/mol. The number of carbonyl (C=O) groups excluding carboxylic acids is 2. The van der Waals surface area contributed by atoms with Crippen molar-refractivity contribution in [2.24, 2.45) is 0 Å². The van der Waals surface area contributed by atoms with Crippen LogP contribution in [-0.2, 0) is 22.4 Å². The molecule has 0 unspecified atom stereocenters. The first-order valence-electron chi connectivity index (χ1n) is 10.1. The number of carbonyl (C=O) groups is 2. The number of hydrogen-bond acceptors (Lipinski definition) is 6. The van der Waals surface area contributed by atoms with Crippen molar-refractivity contribution in [3.8, 4) is 11.5 Å². The second-order valence-corrected chi connectivity index (χ2v) is 8.03. The van der Waals surface area contributed by atoms with Gasteiger partial charge in [0.15, 0.2) is 11.5 Å². The molecule has 0 spiro atoms. The quantitative estimate of drug-likeness (QED) is 0.386. The summed E-state index contributed by atoms with van der Waals surface area (Å²) in [6.45, 7) is 2.09. The van der Waals surface area contributed by atoms with Crippen molar-refractivity contribution in [1.82, 2.24) is 0 Å². The summed E-state index contributed by atoms with van der Waals surface area (Å²) < 4.78 is 15.8. The lowest BCUT2D eigenvalue weighted by Crippen LogP contribution is -2.13. The van der Waals surface area contributed by atoms with Gasteiger partial charge in [-0.3, -0.25) is 4.79 Å². The van der Waals surface area contributed by atoms with Gasteiger partial charge in [0.25, 0.3) is 0 Å². The largest absolute Gasteiger partial charge is 0.493 e. The number of ether oxygens (including phenoxy) is 3. The summed E-state index contributed by atoms with van der Waals surface area (Å²) >= 11 is 1.49. The molecule has 1 aromatic carbocycles. The van der Waals surface area contributed by atoms with Crippen LogP contribution in [0.2, 0.25) is 0 Å². The zero-order valence-electron chi connectivity index (χ0n) is 17.6. The van der Waals surface area contributed by atoms with Crippen LogP contribution in [0.15, 0.2) is 24.3 Å². The molecule has 160 valence electrons. The van der Waals surface area contributed by atoms with Crippen LogP contribution in [0.3, 0.4) is 0 Å². The highest BCUT2D eigenvalue weighted by Gasteiger charge is 2.26. The van der Waals surface area contributed by atoms with E-state index in [1.807, 2.05) is 6.07 Å². The molecule has 1 amide bonds. The van der Waals surface area contributed by atoms with Crippen molar-refractivity contribution in [2.75, 3.05) is 26.1 Å². The number of amides is 1. The summed E-state index contributed by atoms with van der Waals surface area (Å²) in [4.78, 5) is 26.3. The highest BCUT2D eigenvalue weighted by Crippen LogP contribution is 2.38. The lowest BCUT2D eigenvalue weighted by Gasteiger charge is -2.08. The van der Waals surface area contributed by atoms with Gasteiger partial charge in [0.05, 0.1) is 26.4 Å². The lowest BCUT2D eigenvalue weighted by molar-refractivity contribution is -0.111. The molecule has 0 atom stereocenters. The number of thiophene rings is 1. The van der Waals surface area contributed by atoms with Gasteiger partial charge in [0, 0.05) is 11.0 Å². The molecule has 0 fully saturated rings. The van der Waals surface area contributed by atoms with Crippen LogP contribution in [-0.4, -0.2) is 32.7 Å². The van der Waals surface area contributed by atoms with Gasteiger partial charge in [-0.15, -0.1) is 11.3 Å². The molecule has 7 heteroatoms. The van der Waals surface area contributed by atoms with Gasteiger partial charge in [-0.1, -0.05) is 12.5 Å². The second kappa shape index (κ2) is 10.3. The smallest absolute Gasteiger partial charge is 0.341 e. The van der Waals surface area contributed by atoms with E-state index in [-0.39, 0.29) is 11.9 Å². The zero-order valence-corrected chi connectivity index (χ0v) is 18.4. The van der Waals surface area contributed by atoms with Crippen LogP contribution >= 0.6 is 11.3 Å². The molecule has 0 bridgehead atoms. The van der Waals surface area contributed by atoms with Crippen molar-refractivity contribution in [3.63, 3.8) is 0 Å². The fraction of sp³-hybridized carbons (Fsp3) is 0.391. The summed E-state index contributed by atoms with van der Waals surface area (Å²) in [6.07, 6.45) is 8.21. The Bertz CT molecular complexity index is 947. The first-order chi connectivity index (χ1) is 14.6. The van der Waals surface area contributed by atoms with Gasteiger partial charge in [0.1, 0.15) is 5.00 Å². The molecule has 0 aliphatic heterocycles. The molecule has 1 aliphatic carbocycles. The molecule has 1 aliphatic rings. The average Bonchev–Trinajstić information content (AvgIpc) is 2.92. The standard InChI is InChI=1S/C23H27NO5S/c1-4-29-23(26)21-16-8-6-5-7-9-19(16)30-22(21)24-20(25)13-11-15-10-12-17(27-2)18(14-15)28-3/h10-14H,4-9H2,1-3H3,(H,24,25)/b13-11+. The van der Waals surface area contributed by atoms with E-state index < -0.39 is 0 Å². The Morgan fingerprint density at radius 3 is 2.60 bits per heavy atom. The Labute approximate surface area is 180 Å². The van der Waals surface area contributed by atoms with E-state index in [2.05, 4.69) is 5.32 Å². The molecule has 6 nitrogen and oxygen atoms in total. The predicted octanol–water partition coefficient (Wildman–Crippen LogP) is 4.86. The second-order valence-electron chi connectivity index (χ2n) is 6.93. The number of hydrogen-bond donors (Lipinski definition) is 1. The monoisotopic (exact) mass is 429 g/mol. The summed E-state index contributed by atoms with van der Waals surface area (Å²) in [6, 6.07) is 5.41. The molecule has 0 saturated carbocycles. The van der Waals surface area contributed by atoms with Gasteiger partial charge in [-0.05, 0) is 61.9 Å². The third kappa shape index (κ3) is 5.02. The minimum absolute atomic E-state index is 0.299. The number of fused-ring (bicyclic) bond motifs is 1. The minimum Gasteiger partial charge on any atom is -0.493 e. The van der Waals surface area contributed by atoms with E-state index in [0.717, 1.165) is 43.2 Å². The van der Waals surface area contributed by atoms with Crippen LogP contribution in [0.25, 0.3) is 6.08 Å². The number of nitrogens with one attached hydrogen (secondary N) is 1. The Kier molecular flexibility index (Phi) is 7.52. The summed E-state index contributed by atoms with van der Waals surface area (Å²) in [5.74, 6) is 0.549. The Hall–Kier alpha value is -2.80. The number of esters is 1. The molecule has 1 heterocycles. The Morgan fingerprint density at radius 2 is 1.87 bits per heavy atom. The fourth-order valence-corrected chi connectivity index (χ4v) is 4.81. The molecule has 30 heavy (non-hydrogen) atoms. The van der Waals surface area contributed by atoms with Gasteiger partial charge in [0.2, 0.25) is 5.91 Å². The SMILES string of the molecule is CCOC(=O)c1c(NC(=O)/C=C/c2ccc(OC)c(OC)c2)sc2c1CCCCC2. The topological polar surface area (TPSA) is 73.9 Å². The van der Waals surface area contributed by atoms with Crippen LogP contribution in [0.5, 0.6) is 11.5 Å². The maximum absolute atomic E-state index is 12.6. The number of methoxy groups -OCH3 is 2. The average molecular weight is 430 g/mol. The summed E-state index contributed by atoms with van der Waals surface area (Å²) in [5, 5.41) is 3.46. The first kappa shape index (κ1) is 21.9. The van der Waals surface area contributed by atoms with Crippen molar-refractivity contribution < 1.29 is 23.8 Å². The molecule has 0 radical (unpaired) electrons. The Morgan fingerprint density at radius 1 is 1.10 bits per heavy atom. The normalized spacial score (nSPS) is 13.4. The van der Waals surface area contributed by atoms with Crippen LogP contribution in [0.4, 0.5) is 5.00 Å². The fourth-order valence-electron chi connectivity index (χ4n) is 3.53. The third-order valence-electron chi connectivity index (χ3n) is 4.97. The zero-order chi connectivity index (χ0) is 21.5. The van der Waals surface area contributed by atoms with E-state index in [1.54, 1.807) is 39.4 Å². The van der Waals surface area contributed by atoms with Crippen LogP contribution in [0.1, 0.15) is 52.5 Å². The van der Waals surface area contributed by atoms with Crippen LogP contribution in [0, 0.1) is 0 Å². The van der Waals surface area contributed by atoms with E-state index in [9.17, 15) is 9.59 Å². The number of benzene rings is 1. The summed E-state index contributed by atoms with van der Waals surface area (Å²) in [5.41, 5.74) is 2.36. The van der Waals surface area contributed by atoms with E-state index in [4.69, 9.17) is 14.2 Å². The van der Waals surface area contributed by atoms with Gasteiger partial charge < -0.3 is 19.5 Å². The van der Waals surface area contributed by atoms with Crippen molar-refractivity contribution >= 4 is 34.3 Å². The molecule has 3 rings (SSSR count). The van der Waals surface area contributed by atoms with Gasteiger partial charge in [-0.25, -0.2) is 4.79 Å². The van der Waals surface area contributed by atoms with E-state index >= 15 is 0 Å². The Balaban J connectivity index is 1.81. The van der Waals surface area contributed by atoms with E-state index in [0.29, 0.717) is 28.7 Å². The third-order valence-corrected chi connectivity index (χ3v) is 6.18. The number of aryl methyl sites for hydroxylation is 1.